The smallest absolute Gasteiger partial charge is 0.143 e. The maximum absolute atomic E-state index is 7.21. The Balaban J connectivity index is 1.05. The highest BCUT2D eigenvalue weighted by Crippen LogP contribution is 2.58. The molecule has 0 bridgehead atoms. The van der Waals surface area contributed by atoms with Gasteiger partial charge in [0.25, 0.3) is 0 Å². The van der Waals surface area contributed by atoms with Crippen LogP contribution in [0.15, 0.2) is 261 Å². The number of benzene rings is 11. The second kappa shape index (κ2) is 15.8. The van der Waals surface area contributed by atoms with Crippen LogP contribution in [0.3, 0.4) is 0 Å². The fourth-order valence-corrected chi connectivity index (χ4v) is 10.9. The van der Waals surface area contributed by atoms with Gasteiger partial charge in [-0.3, -0.25) is 0 Å². The van der Waals surface area contributed by atoms with Crippen LogP contribution in [-0.2, 0) is 5.41 Å². The van der Waals surface area contributed by atoms with Crippen LogP contribution in [0.2, 0.25) is 0 Å². The minimum absolute atomic E-state index is 0.545. The highest BCUT2D eigenvalue weighted by atomic mass is 16.5. The molecule has 11 aromatic rings. The van der Waals surface area contributed by atoms with E-state index in [2.05, 4.69) is 266 Å². The molecule has 11 aromatic carbocycles. The molecule has 13 rings (SSSR count). The summed E-state index contributed by atoms with van der Waals surface area (Å²) in [7, 11) is 0. The fraction of sp³-hybridized carbons (Fsp3) is 0.0154. The molecule has 0 radical (unpaired) electrons. The normalized spacial score (nSPS) is 12.7. The molecule has 2 nitrogen and oxygen atoms in total. The molecule has 0 N–H and O–H groups in total. The van der Waals surface area contributed by atoms with E-state index >= 15 is 0 Å². The van der Waals surface area contributed by atoms with Gasteiger partial charge in [-0.05, 0) is 127 Å². The largest absolute Gasteiger partial charge is 0.455 e. The molecule has 0 saturated carbocycles. The number of para-hydroxylation sites is 1. The summed E-state index contributed by atoms with van der Waals surface area (Å²) >= 11 is 0. The van der Waals surface area contributed by atoms with Crippen molar-refractivity contribution in [2.75, 3.05) is 4.90 Å². The Bertz CT molecular complexity index is 3600. The molecular weight excluding hydrogens is 811 g/mol. The van der Waals surface area contributed by atoms with Crippen LogP contribution in [-0.4, -0.2) is 0 Å². The molecule has 0 unspecified atom stereocenters. The highest BCUT2D eigenvalue weighted by molar-refractivity contribution is 6.02. The molecule has 0 amide bonds. The van der Waals surface area contributed by atoms with Crippen LogP contribution in [0.4, 0.5) is 17.1 Å². The number of rotatable bonds is 7. The maximum atomic E-state index is 7.21. The number of ether oxygens (including phenoxy) is 1. The quantitative estimate of drug-likeness (QED) is 0.158. The predicted molar refractivity (Wildman–Crippen MR) is 278 cm³/mol. The third-order valence-corrected chi connectivity index (χ3v) is 13.9. The van der Waals surface area contributed by atoms with Crippen molar-refractivity contribution in [3.8, 4) is 67.1 Å². The summed E-state index contributed by atoms with van der Waals surface area (Å²) in [5.74, 6) is 1.68. The van der Waals surface area contributed by atoms with E-state index in [4.69, 9.17) is 4.74 Å². The summed E-state index contributed by atoms with van der Waals surface area (Å²) in [6.45, 7) is 0. The first-order valence-electron chi connectivity index (χ1n) is 23.1. The lowest BCUT2D eigenvalue weighted by Gasteiger charge is -2.35. The van der Waals surface area contributed by atoms with Gasteiger partial charge >= 0.3 is 0 Å². The van der Waals surface area contributed by atoms with E-state index in [0.29, 0.717) is 0 Å². The van der Waals surface area contributed by atoms with Gasteiger partial charge in [-0.25, -0.2) is 0 Å². The predicted octanol–water partition coefficient (Wildman–Crippen LogP) is 17.4. The van der Waals surface area contributed by atoms with Crippen molar-refractivity contribution < 1.29 is 4.74 Å². The van der Waals surface area contributed by atoms with E-state index in [1.54, 1.807) is 0 Å². The third-order valence-electron chi connectivity index (χ3n) is 13.9. The number of hydrogen-bond donors (Lipinski definition) is 0. The Morgan fingerprint density at radius 3 is 1.46 bits per heavy atom. The van der Waals surface area contributed by atoms with Gasteiger partial charge in [-0.2, -0.15) is 0 Å². The Morgan fingerprint density at radius 1 is 0.284 bits per heavy atom. The van der Waals surface area contributed by atoms with Crippen LogP contribution < -0.4 is 9.64 Å². The molecule has 0 saturated heterocycles. The van der Waals surface area contributed by atoms with Gasteiger partial charge in [-0.1, -0.05) is 206 Å². The zero-order chi connectivity index (χ0) is 44.3. The minimum Gasteiger partial charge on any atom is -0.455 e. The van der Waals surface area contributed by atoms with Gasteiger partial charge in [0.2, 0.25) is 0 Å². The Labute approximate surface area is 391 Å². The summed E-state index contributed by atoms with van der Waals surface area (Å²) in [5.41, 5.74) is 19.1. The lowest BCUT2D eigenvalue weighted by molar-refractivity contribution is 0.489. The van der Waals surface area contributed by atoms with E-state index in [1.807, 2.05) is 0 Å². The van der Waals surface area contributed by atoms with Crippen molar-refractivity contribution in [3.63, 3.8) is 0 Å². The SMILES string of the molecule is c1ccc(-c2ccc(N(c3ccc4c(c3)-c3cc5ccccc5cc3-c3cccc(-c5ccccc5)c3O4)c3ccc4c(c3)C(c3ccccc3)(c3ccccc3)c3ccccc3-4)cc2)cc1. The van der Waals surface area contributed by atoms with Crippen LogP contribution in [0.5, 0.6) is 11.5 Å². The zero-order valence-electron chi connectivity index (χ0n) is 36.7. The monoisotopic (exact) mass is 853 g/mol. The molecule has 1 aliphatic carbocycles. The van der Waals surface area contributed by atoms with E-state index in [-0.39, 0.29) is 0 Å². The molecular formula is C65H43NO. The first-order chi connectivity index (χ1) is 33.2. The molecule has 1 aliphatic heterocycles. The van der Waals surface area contributed by atoms with Gasteiger partial charge < -0.3 is 9.64 Å². The van der Waals surface area contributed by atoms with Gasteiger partial charge in [0.05, 0.1) is 5.41 Å². The third kappa shape index (κ3) is 6.26. The van der Waals surface area contributed by atoms with Crippen LogP contribution in [0.1, 0.15) is 22.3 Å². The van der Waals surface area contributed by atoms with Gasteiger partial charge in [0.1, 0.15) is 11.5 Å². The Morgan fingerprint density at radius 2 is 0.776 bits per heavy atom. The van der Waals surface area contributed by atoms with Gasteiger partial charge in [0, 0.05) is 33.8 Å². The van der Waals surface area contributed by atoms with Crippen molar-refractivity contribution in [2.45, 2.75) is 5.41 Å². The molecule has 1 heterocycles. The molecule has 2 aliphatic rings. The second-order valence-electron chi connectivity index (χ2n) is 17.6. The molecule has 67 heavy (non-hydrogen) atoms. The second-order valence-corrected chi connectivity index (χ2v) is 17.6. The summed E-state index contributed by atoms with van der Waals surface area (Å²) < 4.78 is 7.21. The average molecular weight is 854 g/mol. The molecule has 0 atom stereocenters. The number of anilines is 3. The fourth-order valence-electron chi connectivity index (χ4n) is 10.9. The van der Waals surface area contributed by atoms with Crippen LogP contribution in [0, 0.1) is 0 Å². The topological polar surface area (TPSA) is 12.5 Å². The van der Waals surface area contributed by atoms with Crippen molar-refractivity contribution in [1.29, 1.82) is 0 Å². The van der Waals surface area contributed by atoms with Crippen molar-refractivity contribution >= 4 is 27.8 Å². The van der Waals surface area contributed by atoms with Gasteiger partial charge in [0.15, 0.2) is 0 Å². The van der Waals surface area contributed by atoms with Crippen molar-refractivity contribution in [2.24, 2.45) is 0 Å². The highest BCUT2D eigenvalue weighted by Gasteiger charge is 2.46. The van der Waals surface area contributed by atoms with Crippen molar-refractivity contribution in [1.82, 2.24) is 0 Å². The van der Waals surface area contributed by atoms with Crippen molar-refractivity contribution in [3.05, 3.63) is 283 Å². The number of nitrogens with zero attached hydrogens (tertiary/aromatic N) is 1. The maximum Gasteiger partial charge on any atom is 0.143 e. The lowest BCUT2D eigenvalue weighted by atomic mass is 9.67. The Kier molecular flexibility index (Phi) is 9.11. The first kappa shape index (κ1) is 38.7. The van der Waals surface area contributed by atoms with E-state index in [9.17, 15) is 0 Å². The molecule has 0 spiro atoms. The lowest BCUT2D eigenvalue weighted by Crippen LogP contribution is -2.28. The van der Waals surface area contributed by atoms with E-state index in [1.165, 1.54) is 55.3 Å². The van der Waals surface area contributed by atoms with Gasteiger partial charge in [-0.15, -0.1) is 0 Å². The first-order valence-corrected chi connectivity index (χ1v) is 23.1. The molecule has 0 fully saturated rings. The molecule has 0 aromatic heterocycles. The van der Waals surface area contributed by atoms with Crippen LogP contribution in [0.25, 0.3) is 66.4 Å². The summed E-state index contributed by atoms with van der Waals surface area (Å²) in [6.07, 6.45) is 0. The van der Waals surface area contributed by atoms with E-state index < -0.39 is 5.41 Å². The minimum atomic E-state index is -0.545. The van der Waals surface area contributed by atoms with E-state index in [0.717, 1.165) is 61.9 Å². The molecule has 314 valence electrons. The summed E-state index contributed by atoms with van der Waals surface area (Å²) in [6, 6.07) is 95.0. The molecule has 2 heteroatoms. The number of fused-ring (bicyclic) bond motifs is 9. The zero-order valence-corrected chi connectivity index (χ0v) is 36.7. The summed E-state index contributed by atoms with van der Waals surface area (Å²) in [5, 5.41) is 2.38. The standard InChI is InChI=1S/C65H43NO/c1-5-18-44(19-6-1)45-32-34-51(35-33-45)66(53-36-38-56-55-28-15-16-31-61(55)65(62(56)43-53,49-24-9-3-10-25-49)50-26-11-4-12-27-50)52-37-39-63-60(42-52)59-41-48-23-14-13-22-47(48)40-58(59)57-30-17-29-54(64(57)67-63)46-20-7-2-8-21-46/h1-43H. The Hall–Kier alpha value is -8.72. The summed E-state index contributed by atoms with van der Waals surface area (Å²) in [4.78, 5) is 2.42. The number of hydrogen-bond acceptors (Lipinski definition) is 2. The average Bonchev–Trinajstić information content (AvgIpc) is 3.62. The van der Waals surface area contributed by atoms with Crippen LogP contribution >= 0.6 is 0 Å².